The Labute approximate surface area is 168 Å². The Morgan fingerprint density at radius 3 is 2.33 bits per heavy atom. The van der Waals surface area contributed by atoms with Crippen LogP contribution in [0.3, 0.4) is 0 Å². The zero-order valence-electron chi connectivity index (χ0n) is 13.9. The van der Waals surface area contributed by atoms with Crippen molar-refractivity contribution >= 4 is 35.8 Å². The minimum absolute atomic E-state index is 0. The molecular formula is C20H21Cl2SiZr. The molecular weight excluding hydrogens is 430 g/mol. The molecule has 1 atom stereocenters. The molecule has 0 nitrogen and oxygen atoms in total. The molecule has 0 heterocycles. The van der Waals surface area contributed by atoms with E-state index in [2.05, 4.69) is 73.8 Å². The number of halogens is 2. The number of benzene rings is 2. The normalized spacial score (nSPS) is 16.2. The molecule has 0 aromatic heterocycles. The first-order chi connectivity index (χ1) is 10.8. The van der Waals surface area contributed by atoms with Crippen LogP contribution in [-0.2, 0) is 21.9 Å². The molecule has 0 aliphatic heterocycles. The molecule has 0 saturated carbocycles. The van der Waals surface area contributed by atoms with Gasteiger partial charge in [0, 0.05) is 0 Å². The molecule has 0 N–H and O–H groups in total. The van der Waals surface area contributed by atoms with Gasteiger partial charge in [-0.2, -0.15) is 0 Å². The van der Waals surface area contributed by atoms with E-state index >= 15 is 0 Å². The standard InChI is InChI=1S/C18H13.C2H6Si.2ClH.Zr/c1-2-7-13(6-1)15-10-5-11-17-16-9-4-3-8-14(16)12-18(15)17;1-3-2;;;/h1-6,8-12H,7H2;1-2H3;2*1H;. The molecule has 2 aromatic carbocycles. The molecule has 2 aromatic rings. The molecule has 0 fully saturated rings. The van der Waals surface area contributed by atoms with Crippen molar-refractivity contribution < 1.29 is 21.9 Å². The molecule has 1 unspecified atom stereocenters. The summed E-state index contributed by atoms with van der Waals surface area (Å²) >= 11 is -0.406. The van der Waals surface area contributed by atoms with Gasteiger partial charge in [0.15, 0.2) is 0 Å². The summed E-state index contributed by atoms with van der Waals surface area (Å²) < 4.78 is 0.761. The van der Waals surface area contributed by atoms with Gasteiger partial charge in [0.1, 0.15) is 0 Å². The molecule has 2 aliphatic rings. The summed E-state index contributed by atoms with van der Waals surface area (Å²) in [4.78, 5) is 0. The van der Waals surface area contributed by atoms with Crippen LogP contribution in [0, 0.1) is 0 Å². The number of fused-ring (bicyclic) bond motifs is 3. The minimum atomic E-state index is -0.406. The Kier molecular flexibility index (Phi) is 6.90. The van der Waals surface area contributed by atoms with E-state index in [-0.39, 0.29) is 30.2 Å². The van der Waals surface area contributed by atoms with Gasteiger partial charge in [0.05, 0.1) is 0 Å². The zero-order chi connectivity index (χ0) is 15.1. The van der Waals surface area contributed by atoms with Crippen LogP contribution in [0.2, 0.25) is 13.1 Å². The average Bonchev–Trinajstić information content (AvgIpc) is 3.15. The van der Waals surface area contributed by atoms with Crippen LogP contribution in [-0.4, -0.2) is 5.43 Å². The maximum absolute atomic E-state index is 2.51. The molecule has 4 heteroatoms. The maximum Gasteiger partial charge on any atom is -0.147 e. The van der Waals surface area contributed by atoms with E-state index in [1.165, 1.54) is 22.3 Å². The van der Waals surface area contributed by atoms with Crippen LogP contribution in [0.5, 0.6) is 0 Å². The van der Waals surface area contributed by atoms with Gasteiger partial charge in [-0.15, -0.1) is 24.8 Å². The number of rotatable bonds is 2. The quantitative estimate of drug-likeness (QED) is 0.472. The third-order valence-corrected chi connectivity index (χ3v) is 13.2. The van der Waals surface area contributed by atoms with Crippen molar-refractivity contribution in [2.45, 2.75) is 23.1 Å². The largest absolute Gasteiger partial charge is 0.147 e. The second kappa shape index (κ2) is 8.32. The molecule has 0 spiro atoms. The smallest absolute Gasteiger partial charge is 0.147 e. The van der Waals surface area contributed by atoms with Crippen LogP contribution in [0.15, 0.2) is 60.7 Å². The molecule has 123 valence electrons. The molecule has 0 bridgehead atoms. The summed E-state index contributed by atoms with van der Waals surface area (Å²) in [5.41, 5.74) is 9.22. The minimum Gasteiger partial charge on any atom is -0.147 e. The van der Waals surface area contributed by atoms with Gasteiger partial charge in [-0.25, -0.2) is 0 Å². The van der Waals surface area contributed by atoms with Crippen molar-refractivity contribution in [2.75, 3.05) is 0 Å². The Bertz CT molecular complexity index is 848. The third kappa shape index (κ3) is 3.44. The average molecular weight is 452 g/mol. The number of hydrogen-bond acceptors (Lipinski definition) is 0. The topological polar surface area (TPSA) is 0 Å². The van der Waals surface area contributed by atoms with Gasteiger partial charge in [0.25, 0.3) is 0 Å². The molecule has 0 radical (unpaired) electrons. The first-order valence-corrected chi connectivity index (χ1v) is 15.5. The van der Waals surface area contributed by atoms with E-state index in [0.717, 1.165) is 10.0 Å². The van der Waals surface area contributed by atoms with E-state index in [1.54, 1.807) is 11.1 Å². The van der Waals surface area contributed by atoms with E-state index in [4.69, 9.17) is 0 Å². The molecule has 24 heavy (non-hydrogen) atoms. The summed E-state index contributed by atoms with van der Waals surface area (Å²) in [6.45, 7) is 5.02. The van der Waals surface area contributed by atoms with Crippen molar-refractivity contribution in [1.82, 2.24) is 0 Å². The van der Waals surface area contributed by atoms with Gasteiger partial charge in [0.2, 0.25) is 0 Å². The first kappa shape index (κ1) is 19.9. The summed E-state index contributed by atoms with van der Waals surface area (Å²) in [6.07, 6.45) is 7.90. The van der Waals surface area contributed by atoms with E-state index in [0.29, 0.717) is 0 Å². The fourth-order valence-corrected chi connectivity index (χ4v) is 12.4. The second-order valence-electron chi connectivity index (χ2n) is 6.26. The summed E-state index contributed by atoms with van der Waals surface area (Å²) in [5.74, 6) is 0. The summed E-state index contributed by atoms with van der Waals surface area (Å²) in [7, 11) is 0. The van der Waals surface area contributed by atoms with Gasteiger partial charge in [-0.3, -0.25) is 0 Å². The van der Waals surface area contributed by atoms with E-state index < -0.39 is 21.9 Å². The van der Waals surface area contributed by atoms with Gasteiger partial charge >= 0.3 is 145 Å². The molecule has 0 saturated heterocycles. The van der Waals surface area contributed by atoms with Gasteiger partial charge in [-0.05, 0) is 0 Å². The Morgan fingerprint density at radius 2 is 1.62 bits per heavy atom. The van der Waals surface area contributed by atoms with Crippen molar-refractivity contribution in [1.29, 1.82) is 0 Å². The number of hydrogen-bond donors (Lipinski definition) is 0. The molecule has 2 aliphatic carbocycles. The van der Waals surface area contributed by atoms with Crippen molar-refractivity contribution in [3.63, 3.8) is 0 Å². The van der Waals surface area contributed by atoms with E-state index in [9.17, 15) is 0 Å². The first-order valence-electron chi connectivity index (χ1n) is 7.90. The predicted molar refractivity (Wildman–Crippen MR) is 107 cm³/mol. The van der Waals surface area contributed by atoms with Crippen LogP contribution in [0.1, 0.15) is 26.7 Å². The zero-order valence-corrected chi connectivity index (χ0v) is 19.0. The fraction of sp³-hybridized carbons (Fsp3) is 0.200. The SMILES string of the molecule is C[Si](C)=[Zr][CH]1c2ccccc2-c2cccc(C3=CC=CC3)c21.Cl.Cl. The van der Waals surface area contributed by atoms with Crippen molar-refractivity contribution in [3.05, 3.63) is 77.4 Å². The Hall–Kier alpha value is -0.400. The predicted octanol–water partition coefficient (Wildman–Crippen LogP) is 6.28. The third-order valence-electron chi connectivity index (χ3n) is 4.51. The second-order valence-corrected chi connectivity index (χ2v) is 19.5. The van der Waals surface area contributed by atoms with Gasteiger partial charge in [-0.1, -0.05) is 0 Å². The van der Waals surface area contributed by atoms with Gasteiger partial charge < -0.3 is 0 Å². The van der Waals surface area contributed by atoms with Crippen LogP contribution in [0.25, 0.3) is 16.7 Å². The number of allylic oxidation sites excluding steroid dienone is 4. The van der Waals surface area contributed by atoms with Crippen molar-refractivity contribution in [3.8, 4) is 11.1 Å². The molecule has 4 rings (SSSR count). The van der Waals surface area contributed by atoms with Crippen LogP contribution in [0.4, 0.5) is 0 Å². The monoisotopic (exact) mass is 449 g/mol. The maximum atomic E-state index is 2.51. The Balaban J connectivity index is 0.00000104. The van der Waals surface area contributed by atoms with Crippen LogP contribution >= 0.6 is 24.8 Å². The van der Waals surface area contributed by atoms with E-state index in [1.807, 2.05) is 0 Å². The van der Waals surface area contributed by atoms with Crippen LogP contribution < -0.4 is 0 Å². The molecule has 0 amide bonds. The summed E-state index contributed by atoms with van der Waals surface area (Å²) in [5, 5.41) is 0. The van der Waals surface area contributed by atoms with Crippen molar-refractivity contribution in [2.24, 2.45) is 0 Å². The Morgan fingerprint density at radius 1 is 0.917 bits per heavy atom. The summed E-state index contributed by atoms with van der Waals surface area (Å²) in [6, 6.07) is 16.1. The fourth-order valence-electron chi connectivity index (χ4n) is 3.63.